The fraction of sp³-hybridized carbons (Fsp3) is 0.333. The Bertz CT molecular complexity index is 861. The van der Waals surface area contributed by atoms with Crippen molar-refractivity contribution in [2.75, 3.05) is 18.4 Å². The highest BCUT2D eigenvalue weighted by Gasteiger charge is 2.42. The third-order valence-corrected chi connectivity index (χ3v) is 4.69. The van der Waals surface area contributed by atoms with Crippen LogP contribution in [0.25, 0.3) is 11.4 Å². The van der Waals surface area contributed by atoms with E-state index in [0.717, 1.165) is 5.69 Å². The van der Waals surface area contributed by atoms with Gasteiger partial charge in [-0.3, -0.25) is 9.59 Å². The fourth-order valence-corrected chi connectivity index (χ4v) is 3.48. The van der Waals surface area contributed by atoms with Crippen molar-refractivity contribution in [1.82, 2.24) is 20.2 Å². The number of carbonyl (C=O) groups is 2. The highest BCUT2D eigenvalue weighted by molar-refractivity contribution is 5.95. The summed E-state index contributed by atoms with van der Waals surface area (Å²) in [5, 5.41) is 16.0. The van der Waals surface area contributed by atoms with Crippen molar-refractivity contribution in [3.05, 3.63) is 36.0 Å². The zero-order chi connectivity index (χ0) is 18.3. The van der Waals surface area contributed by atoms with Gasteiger partial charge in [-0.25, -0.2) is 9.97 Å². The topological polar surface area (TPSA) is 107 Å². The van der Waals surface area contributed by atoms with Crippen LogP contribution >= 0.6 is 0 Å². The zero-order valence-corrected chi connectivity index (χ0v) is 14.3. The number of hydrogen-bond donors (Lipinski definition) is 3. The van der Waals surface area contributed by atoms with Crippen molar-refractivity contribution in [2.45, 2.75) is 25.4 Å². The summed E-state index contributed by atoms with van der Waals surface area (Å²) in [5.41, 5.74) is 1.31. The number of nitrogens with one attached hydrogen (secondary N) is 2. The van der Waals surface area contributed by atoms with E-state index in [2.05, 4.69) is 20.6 Å². The maximum absolute atomic E-state index is 12.0. The number of amides is 2. The Morgan fingerprint density at radius 1 is 1.27 bits per heavy atom. The van der Waals surface area contributed by atoms with Gasteiger partial charge in [-0.15, -0.1) is 0 Å². The Kier molecular flexibility index (Phi) is 3.95. The van der Waals surface area contributed by atoms with Gasteiger partial charge in [0.15, 0.2) is 5.82 Å². The number of nitrogens with zero attached hydrogens (tertiary/aromatic N) is 3. The Morgan fingerprint density at radius 3 is 2.85 bits per heavy atom. The number of phenols is 1. The van der Waals surface area contributed by atoms with Crippen LogP contribution < -0.4 is 10.6 Å². The minimum atomic E-state index is -0.422. The molecule has 0 spiro atoms. The van der Waals surface area contributed by atoms with Crippen LogP contribution in [0.4, 0.5) is 5.82 Å². The van der Waals surface area contributed by atoms with Gasteiger partial charge in [-0.05, 0) is 25.5 Å². The number of phenolic OH excluding ortho intramolecular Hbond substituents is 1. The molecule has 0 bridgehead atoms. The molecule has 3 heterocycles. The molecule has 2 aliphatic rings. The molecule has 0 saturated carbocycles. The normalized spacial score (nSPS) is 22.1. The molecular formula is C18H19N5O3. The summed E-state index contributed by atoms with van der Waals surface area (Å²) >= 11 is 0. The largest absolute Gasteiger partial charge is 0.507 e. The van der Waals surface area contributed by atoms with Gasteiger partial charge in [0.25, 0.3) is 0 Å². The van der Waals surface area contributed by atoms with Crippen LogP contribution in [0.3, 0.4) is 0 Å². The van der Waals surface area contributed by atoms with Crippen molar-refractivity contribution in [1.29, 1.82) is 0 Å². The molecule has 4 rings (SSSR count). The Labute approximate surface area is 150 Å². The number of hydrogen-bond acceptors (Lipinski definition) is 6. The second-order valence-electron chi connectivity index (χ2n) is 6.59. The number of carbonyl (C=O) groups excluding carboxylic acids is 2. The van der Waals surface area contributed by atoms with E-state index in [-0.39, 0.29) is 30.2 Å². The SMILES string of the molecule is Cc1cc(N[C@@H]2C[C@H]3C(=O)NCC(=O)N3C2)nc(-c2ccccc2O)n1. The minimum absolute atomic E-state index is 0.0616. The molecule has 1 aromatic heterocycles. The van der Waals surface area contributed by atoms with E-state index in [4.69, 9.17) is 0 Å². The summed E-state index contributed by atoms with van der Waals surface area (Å²) in [4.78, 5) is 34.5. The molecule has 134 valence electrons. The summed E-state index contributed by atoms with van der Waals surface area (Å²) in [7, 11) is 0. The van der Waals surface area contributed by atoms with Crippen molar-refractivity contribution in [3.8, 4) is 17.1 Å². The molecule has 2 amide bonds. The number of aryl methyl sites for hydroxylation is 1. The summed E-state index contributed by atoms with van der Waals surface area (Å²) in [6.07, 6.45) is 0.534. The molecule has 0 aliphatic carbocycles. The number of para-hydroxylation sites is 1. The van der Waals surface area contributed by atoms with Crippen molar-refractivity contribution in [3.63, 3.8) is 0 Å². The summed E-state index contributed by atoms with van der Waals surface area (Å²) < 4.78 is 0. The number of fused-ring (bicyclic) bond motifs is 1. The second-order valence-corrected chi connectivity index (χ2v) is 6.59. The molecule has 2 fully saturated rings. The van der Waals surface area contributed by atoms with Gasteiger partial charge < -0.3 is 20.6 Å². The molecule has 2 atom stereocenters. The first-order valence-electron chi connectivity index (χ1n) is 8.49. The standard InChI is InChI=1S/C18H19N5O3/c1-10-6-15(22-17(20-10)12-4-2-3-5-14(12)24)21-11-7-13-18(26)19-8-16(25)23(13)9-11/h2-6,11,13,24H,7-9H2,1H3,(H,19,26)(H,20,21,22)/t11-,13+/m1/s1. The molecule has 26 heavy (non-hydrogen) atoms. The second kappa shape index (κ2) is 6.29. The Balaban J connectivity index is 1.57. The van der Waals surface area contributed by atoms with Gasteiger partial charge in [0.05, 0.1) is 12.1 Å². The monoisotopic (exact) mass is 353 g/mol. The van der Waals surface area contributed by atoms with Gasteiger partial charge >= 0.3 is 0 Å². The van der Waals surface area contributed by atoms with Gasteiger partial charge in [0.2, 0.25) is 11.8 Å². The fourth-order valence-electron chi connectivity index (χ4n) is 3.48. The van der Waals surface area contributed by atoms with Gasteiger partial charge in [0, 0.05) is 24.3 Å². The predicted molar refractivity (Wildman–Crippen MR) is 94.4 cm³/mol. The maximum Gasteiger partial charge on any atom is 0.243 e. The lowest BCUT2D eigenvalue weighted by Gasteiger charge is -2.28. The van der Waals surface area contributed by atoms with E-state index in [1.807, 2.05) is 19.1 Å². The number of aromatic nitrogens is 2. The van der Waals surface area contributed by atoms with Crippen LogP contribution in [0.2, 0.25) is 0 Å². The Morgan fingerprint density at radius 2 is 2.08 bits per heavy atom. The van der Waals surface area contributed by atoms with E-state index in [9.17, 15) is 14.7 Å². The molecule has 2 saturated heterocycles. The molecular weight excluding hydrogens is 334 g/mol. The predicted octanol–water partition coefficient (Wildman–Crippen LogP) is 0.669. The molecule has 2 aromatic rings. The van der Waals surface area contributed by atoms with E-state index in [0.29, 0.717) is 30.2 Å². The molecule has 2 aliphatic heterocycles. The van der Waals surface area contributed by atoms with Gasteiger partial charge in [-0.1, -0.05) is 12.1 Å². The molecule has 0 unspecified atom stereocenters. The Hall–Kier alpha value is -3.16. The van der Waals surface area contributed by atoms with Crippen molar-refractivity contribution in [2.24, 2.45) is 0 Å². The summed E-state index contributed by atoms with van der Waals surface area (Å²) in [6, 6.07) is 8.22. The quantitative estimate of drug-likeness (QED) is 0.749. The van der Waals surface area contributed by atoms with Crippen LogP contribution in [-0.2, 0) is 9.59 Å². The number of rotatable bonds is 3. The lowest BCUT2D eigenvalue weighted by molar-refractivity contribution is -0.143. The first-order chi connectivity index (χ1) is 12.5. The van der Waals surface area contributed by atoms with Crippen LogP contribution in [-0.4, -0.2) is 57.0 Å². The highest BCUT2D eigenvalue weighted by atomic mass is 16.3. The van der Waals surface area contributed by atoms with Crippen molar-refractivity contribution >= 4 is 17.6 Å². The van der Waals surface area contributed by atoms with Crippen LogP contribution in [0.15, 0.2) is 30.3 Å². The lowest BCUT2D eigenvalue weighted by atomic mass is 10.1. The smallest absolute Gasteiger partial charge is 0.243 e. The molecule has 8 heteroatoms. The zero-order valence-electron chi connectivity index (χ0n) is 14.3. The molecule has 8 nitrogen and oxygen atoms in total. The number of benzene rings is 1. The molecule has 0 radical (unpaired) electrons. The summed E-state index contributed by atoms with van der Waals surface area (Å²) in [5.74, 6) is 0.975. The van der Waals surface area contributed by atoms with Gasteiger partial charge in [-0.2, -0.15) is 0 Å². The van der Waals surface area contributed by atoms with Crippen LogP contribution in [0.5, 0.6) is 5.75 Å². The average Bonchev–Trinajstić information content (AvgIpc) is 3.03. The average molecular weight is 353 g/mol. The van der Waals surface area contributed by atoms with E-state index in [1.54, 1.807) is 23.1 Å². The van der Waals surface area contributed by atoms with Crippen LogP contribution in [0.1, 0.15) is 12.1 Å². The summed E-state index contributed by atoms with van der Waals surface area (Å²) in [6.45, 7) is 2.38. The van der Waals surface area contributed by atoms with E-state index < -0.39 is 6.04 Å². The number of piperazine rings is 1. The lowest BCUT2D eigenvalue weighted by Crippen LogP contribution is -2.55. The molecule has 1 aromatic carbocycles. The minimum Gasteiger partial charge on any atom is -0.507 e. The van der Waals surface area contributed by atoms with E-state index in [1.165, 1.54) is 0 Å². The molecule has 3 N–H and O–H groups in total. The highest BCUT2D eigenvalue weighted by Crippen LogP contribution is 2.28. The van der Waals surface area contributed by atoms with E-state index >= 15 is 0 Å². The third kappa shape index (κ3) is 2.94. The number of anilines is 1. The first kappa shape index (κ1) is 16.3. The van der Waals surface area contributed by atoms with Crippen LogP contribution in [0, 0.1) is 6.92 Å². The first-order valence-corrected chi connectivity index (χ1v) is 8.49. The van der Waals surface area contributed by atoms with Gasteiger partial charge in [0.1, 0.15) is 17.6 Å². The maximum atomic E-state index is 12.0. The van der Waals surface area contributed by atoms with Crippen molar-refractivity contribution < 1.29 is 14.7 Å². The third-order valence-electron chi connectivity index (χ3n) is 4.69. The number of aromatic hydroxyl groups is 1.